The molecular weight excluding hydrogens is 373 g/mol. The third-order valence-electron chi connectivity index (χ3n) is 4.81. The molecule has 1 fully saturated rings. The first kappa shape index (κ1) is 20.6. The number of aryl methyl sites for hydroxylation is 1. The second-order valence-corrected chi connectivity index (χ2v) is 6.93. The molecule has 0 amide bonds. The largest absolute Gasteiger partial charge is 0.391 e. The van der Waals surface area contributed by atoms with Crippen molar-refractivity contribution in [2.45, 2.75) is 32.3 Å². The number of anilines is 1. The number of halogens is 1. The van der Waals surface area contributed by atoms with Gasteiger partial charge in [0.15, 0.2) is 5.96 Å². The quantitative estimate of drug-likeness (QED) is 0.384. The molecule has 1 atom stereocenters. The van der Waals surface area contributed by atoms with Crippen LogP contribution in [0.3, 0.4) is 0 Å². The average molecular weight is 399 g/mol. The normalized spacial score (nSPS) is 16.8. The van der Waals surface area contributed by atoms with Gasteiger partial charge in [0.05, 0.1) is 17.5 Å². The van der Waals surface area contributed by atoms with Gasteiger partial charge in [-0.3, -0.25) is 4.99 Å². The highest BCUT2D eigenvalue weighted by atomic mass is 19.1. The predicted octanol–water partition coefficient (Wildman–Crippen LogP) is 1.43. The minimum atomic E-state index is -0.347. The number of nitrogens with one attached hydrogen (secondary N) is 1. The molecule has 1 saturated heterocycles. The molecule has 0 unspecified atom stereocenters. The lowest BCUT2D eigenvalue weighted by atomic mass is 10.1. The summed E-state index contributed by atoms with van der Waals surface area (Å²) in [5.74, 6) is 0.693. The fourth-order valence-electron chi connectivity index (χ4n) is 3.35. The lowest BCUT2D eigenvalue weighted by Gasteiger charge is -2.20. The zero-order chi connectivity index (χ0) is 20.8. The van der Waals surface area contributed by atoms with Gasteiger partial charge in [0.25, 0.3) is 0 Å². The number of likely N-dealkylation sites (tertiary alicyclic amines) is 1. The van der Waals surface area contributed by atoms with Crippen molar-refractivity contribution in [1.29, 1.82) is 5.26 Å². The molecule has 4 N–H and O–H groups in total. The van der Waals surface area contributed by atoms with E-state index in [1.807, 2.05) is 6.92 Å². The topological polar surface area (TPSA) is 115 Å². The van der Waals surface area contributed by atoms with Crippen molar-refractivity contribution in [2.24, 2.45) is 4.99 Å². The third-order valence-corrected chi connectivity index (χ3v) is 4.81. The number of nitrogen functional groups attached to an aromatic ring is 1. The zero-order valence-corrected chi connectivity index (χ0v) is 16.5. The molecule has 1 aliphatic heterocycles. The van der Waals surface area contributed by atoms with Crippen LogP contribution in [-0.4, -0.2) is 58.0 Å². The summed E-state index contributed by atoms with van der Waals surface area (Å²) >= 11 is 0. The van der Waals surface area contributed by atoms with Crippen LogP contribution in [0.25, 0.3) is 5.69 Å². The van der Waals surface area contributed by atoms with Crippen LogP contribution in [0.1, 0.15) is 31.0 Å². The molecule has 3 rings (SSSR count). The Bertz CT molecular complexity index is 901. The number of β-amino-alcohol motifs (C(OH)–C–C–N with tert-alkyl or cyclic N) is 1. The number of hydrogen-bond donors (Lipinski definition) is 3. The molecule has 2 aromatic rings. The highest BCUT2D eigenvalue weighted by molar-refractivity contribution is 5.80. The zero-order valence-electron chi connectivity index (χ0n) is 16.5. The highest BCUT2D eigenvalue weighted by Crippen LogP contribution is 2.22. The van der Waals surface area contributed by atoms with Gasteiger partial charge in [-0.15, -0.1) is 0 Å². The standard InChI is InChI=1S/C20H26FN7O/c1-2-24-20(27-11-9-16(29)13-27)25-10-3-4-18-17(12-22)19(23)28(26-18)15-7-5-14(21)6-8-15/h5-8,16,29H,2-4,9-11,13,23H2,1H3,(H,24,25)/t16-/m1/s1. The minimum Gasteiger partial charge on any atom is -0.391 e. The Morgan fingerprint density at radius 2 is 2.21 bits per heavy atom. The fourth-order valence-corrected chi connectivity index (χ4v) is 3.35. The van der Waals surface area contributed by atoms with Crippen LogP contribution >= 0.6 is 0 Å². The number of guanidine groups is 1. The molecule has 1 aromatic carbocycles. The minimum absolute atomic E-state index is 0.247. The number of nitrogens with two attached hydrogens (primary N) is 1. The number of aliphatic hydroxyl groups is 1. The monoisotopic (exact) mass is 399 g/mol. The van der Waals surface area contributed by atoms with Crippen LogP contribution in [0.15, 0.2) is 29.3 Å². The first-order chi connectivity index (χ1) is 14.0. The molecule has 9 heteroatoms. The van der Waals surface area contributed by atoms with E-state index in [2.05, 4.69) is 26.4 Å². The van der Waals surface area contributed by atoms with Crippen LogP contribution in [0.2, 0.25) is 0 Å². The number of hydrogen-bond acceptors (Lipinski definition) is 5. The Labute approximate surface area is 169 Å². The van der Waals surface area contributed by atoms with Crippen molar-refractivity contribution in [3.8, 4) is 11.8 Å². The summed E-state index contributed by atoms with van der Waals surface area (Å²) in [7, 11) is 0. The lowest BCUT2D eigenvalue weighted by molar-refractivity contribution is 0.188. The summed E-state index contributed by atoms with van der Waals surface area (Å²) in [4.78, 5) is 6.68. The maximum absolute atomic E-state index is 13.2. The van der Waals surface area contributed by atoms with Gasteiger partial charge in [-0.1, -0.05) is 0 Å². The van der Waals surface area contributed by atoms with Gasteiger partial charge >= 0.3 is 0 Å². The second-order valence-electron chi connectivity index (χ2n) is 6.93. The van der Waals surface area contributed by atoms with Crippen molar-refractivity contribution in [3.05, 3.63) is 41.3 Å². The molecule has 8 nitrogen and oxygen atoms in total. The van der Waals surface area contributed by atoms with Gasteiger partial charge in [0.2, 0.25) is 0 Å². The van der Waals surface area contributed by atoms with Gasteiger partial charge in [-0.25, -0.2) is 9.07 Å². The predicted molar refractivity (Wildman–Crippen MR) is 109 cm³/mol. The number of benzene rings is 1. The first-order valence-corrected chi connectivity index (χ1v) is 9.78. The summed E-state index contributed by atoms with van der Waals surface area (Å²) in [6.07, 6.45) is 1.68. The molecule has 2 heterocycles. The molecule has 154 valence electrons. The smallest absolute Gasteiger partial charge is 0.194 e. The molecule has 0 bridgehead atoms. The van der Waals surface area contributed by atoms with E-state index < -0.39 is 0 Å². The van der Waals surface area contributed by atoms with Crippen molar-refractivity contribution in [2.75, 3.05) is 31.9 Å². The number of aliphatic imine (C=N–C) groups is 1. The Morgan fingerprint density at radius 1 is 1.45 bits per heavy atom. The maximum Gasteiger partial charge on any atom is 0.194 e. The van der Waals surface area contributed by atoms with Crippen LogP contribution < -0.4 is 11.1 Å². The molecular formula is C20H26FN7O. The highest BCUT2D eigenvalue weighted by Gasteiger charge is 2.22. The van der Waals surface area contributed by atoms with E-state index in [1.54, 1.807) is 12.1 Å². The van der Waals surface area contributed by atoms with Gasteiger partial charge < -0.3 is 21.1 Å². The van der Waals surface area contributed by atoms with Gasteiger partial charge in [-0.2, -0.15) is 10.4 Å². The molecule has 0 spiro atoms. The van der Waals surface area contributed by atoms with Gasteiger partial charge in [0.1, 0.15) is 23.3 Å². The average Bonchev–Trinajstić information content (AvgIpc) is 3.28. The third kappa shape index (κ3) is 4.84. The van der Waals surface area contributed by atoms with E-state index in [9.17, 15) is 14.8 Å². The van der Waals surface area contributed by atoms with E-state index >= 15 is 0 Å². The number of nitrogens with zero attached hydrogens (tertiary/aromatic N) is 5. The summed E-state index contributed by atoms with van der Waals surface area (Å²) in [5, 5.41) is 26.9. The van der Waals surface area contributed by atoms with Gasteiger partial charge in [-0.05, 0) is 50.5 Å². The fraction of sp³-hybridized carbons (Fsp3) is 0.450. The summed E-state index contributed by atoms with van der Waals surface area (Å²) < 4.78 is 14.6. The van der Waals surface area contributed by atoms with E-state index in [1.165, 1.54) is 16.8 Å². The van der Waals surface area contributed by atoms with E-state index in [0.29, 0.717) is 42.9 Å². The van der Waals surface area contributed by atoms with E-state index in [0.717, 1.165) is 25.5 Å². The molecule has 0 saturated carbocycles. The molecule has 1 aromatic heterocycles. The Hall–Kier alpha value is -3.12. The second kappa shape index (κ2) is 9.39. The van der Waals surface area contributed by atoms with E-state index in [-0.39, 0.29) is 17.7 Å². The maximum atomic E-state index is 13.2. The van der Waals surface area contributed by atoms with Crippen LogP contribution in [0.5, 0.6) is 0 Å². The number of nitriles is 1. The Kier molecular flexibility index (Phi) is 6.67. The number of aliphatic hydroxyl groups excluding tert-OH is 1. The van der Waals surface area contributed by atoms with Crippen molar-refractivity contribution < 1.29 is 9.50 Å². The molecule has 1 aliphatic rings. The Balaban J connectivity index is 1.68. The number of rotatable bonds is 6. The summed E-state index contributed by atoms with van der Waals surface area (Å²) in [5.41, 5.74) is 7.64. The van der Waals surface area contributed by atoms with E-state index in [4.69, 9.17) is 5.73 Å². The van der Waals surface area contributed by atoms with Crippen LogP contribution in [0.4, 0.5) is 10.2 Å². The molecule has 0 radical (unpaired) electrons. The molecule has 0 aliphatic carbocycles. The first-order valence-electron chi connectivity index (χ1n) is 9.78. The Morgan fingerprint density at radius 3 is 2.83 bits per heavy atom. The van der Waals surface area contributed by atoms with Crippen LogP contribution in [0, 0.1) is 17.1 Å². The molecule has 29 heavy (non-hydrogen) atoms. The summed E-state index contributed by atoms with van der Waals surface area (Å²) in [6, 6.07) is 7.92. The van der Waals surface area contributed by atoms with Gasteiger partial charge in [0, 0.05) is 26.2 Å². The van der Waals surface area contributed by atoms with Crippen molar-refractivity contribution >= 4 is 11.8 Å². The summed E-state index contributed by atoms with van der Waals surface area (Å²) in [6.45, 7) is 4.69. The van der Waals surface area contributed by atoms with Crippen molar-refractivity contribution in [3.63, 3.8) is 0 Å². The SMILES string of the molecule is CCNC(=NCCCc1nn(-c2ccc(F)cc2)c(N)c1C#N)N1CC[C@@H](O)C1. The lowest BCUT2D eigenvalue weighted by Crippen LogP contribution is -2.40. The van der Waals surface area contributed by atoms with Crippen molar-refractivity contribution in [1.82, 2.24) is 20.0 Å². The number of aromatic nitrogens is 2. The van der Waals surface area contributed by atoms with Crippen LogP contribution in [-0.2, 0) is 6.42 Å².